The van der Waals surface area contributed by atoms with E-state index in [0.717, 1.165) is 0 Å². The van der Waals surface area contributed by atoms with Gasteiger partial charge in [-0.05, 0) is 29.7 Å². The lowest BCUT2D eigenvalue weighted by Gasteiger charge is -2.22. The molecule has 200 valence electrons. The number of carbonyl (C=O) groups excluding carboxylic acids is 2. The first kappa shape index (κ1) is 25.8. The average Bonchev–Trinajstić information content (AvgIpc) is 3.48. The van der Waals surface area contributed by atoms with E-state index in [-0.39, 0.29) is 17.3 Å². The highest BCUT2D eigenvalue weighted by atomic mass is 16.5. The number of ketones is 1. The Balaban J connectivity index is 1.65. The highest BCUT2D eigenvalue weighted by molar-refractivity contribution is 6.51. The molecule has 10 heteroatoms. The third-order valence-electron chi connectivity index (χ3n) is 6.34. The first-order chi connectivity index (χ1) is 18.8. The summed E-state index contributed by atoms with van der Waals surface area (Å²) in [7, 11) is 3.03. The zero-order valence-electron chi connectivity index (χ0n) is 22.0. The third-order valence-corrected chi connectivity index (χ3v) is 6.34. The van der Waals surface area contributed by atoms with Crippen molar-refractivity contribution in [2.45, 2.75) is 19.9 Å². The van der Waals surface area contributed by atoms with Gasteiger partial charge in [-0.15, -0.1) is 0 Å². The van der Waals surface area contributed by atoms with E-state index in [9.17, 15) is 14.7 Å². The van der Waals surface area contributed by atoms with Crippen molar-refractivity contribution in [3.63, 3.8) is 0 Å². The van der Waals surface area contributed by atoms with Crippen LogP contribution in [0.1, 0.15) is 31.0 Å². The number of methoxy groups -OCH3 is 2. The lowest BCUT2D eigenvalue weighted by molar-refractivity contribution is -0.132. The van der Waals surface area contributed by atoms with Crippen LogP contribution in [0.25, 0.3) is 16.8 Å². The van der Waals surface area contributed by atoms with Gasteiger partial charge < -0.3 is 24.3 Å². The monoisotopic (exact) mass is 528 g/mol. The molecule has 2 aromatic heterocycles. The molecule has 0 bridgehead atoms. The first-order valence-corrected chi connectivity index (χ1v) is 12.4. The van der Waals surface area contributed by atoms with Crippen LogP contribution in [0, 0.1) is 5.92 Å². The molecule has 0 spiro atoms. The van der Waals surface area contributed by atoms with Crippen LogP contribution in [0.3, 0.4) is 0 Å². The lowest BCUT2D eigenvalue weighted by Crippen LogP contribution is -2.30. The van der Waals surface area contributed by atoms with Crippen molar-refractivity contribution >= 4 is 34.4 Å². The summed E-state index contributed by atoms with van der Waals surface area (Å²) in [6, 6.07) is 12.6. The molecular formula is C29H28N4O6. The molecule has 0 radical (unpaired) electrons. The summed E-state index contributed by atoms with van der Waals surface area (Å²) in [5.74, 6) is -0.0781. The fourth-order valence-corrected chi connectivity index (χ4v) is 4.49. The quantitative estimate of drug-likeness (QED) is 0.192. The largest absolute Gasteiger partial charge is 0.507 e. The van der Waals surface area contributed by atoms with Gasteiger partial charge in [0.15, 0.2) is 11.5 Å². The molecule has 3 heterocycles. The number of amides is 1. The summed E-state index contributed by atoms with van der Waals surface area (Å²) in [5, 5.41) is 11.4. The van der Waals surface area contributed by atoms with E-state index >= 15 is 0 Å². The number of aliphatic hydroxyl groups is 1. The Morgan fingerprint density at radius 1 is 1.08 bits per heavy atom. The van der Waals surface area contributed by atoms with E-state index < -0.39 is 17.7 Å². The number of aromatic amines is 1. The maximum absolute atomic E-state index is 13.5. The number of pyridine rings is 1. The van der Waals surface area contributed by atoms with Gasteiger partial charge >= 0.3 is 5.91 Å². The number of nitrogens with one attached hydrogen (secondary N) is 1. The number of H-pyrrole nitrogens is 1. The highest BCUT2D eigenvalue weighted by Gasteiger charge is 2.48. The number of hydrogen-bond donors (Lipinski definition) is 2. The van der Waals surface area contributed by atoms with Gasteiger partial charge in [-0.1, -0.05) is 32.0 Å². The number of rotatable bonds is 8. The topological polar surface area (TPSA) is 127 Å². The van der Waals surface area contributed by atoms with Gasteiger partial charge in [-0.25, -0.2) is 4.98 Å². The van der Waals surface area contributed by atoms with Gasteiger partial charge in [-0.3, -0.25) is 19.5 Å². The molecule has 1 unspecified atom stereocenters. The van der Waals surface area contributed by atoms with Crippen LogP contribution in [-0.2, 0) is 9.59 Å². The zero-order valence-corrected chi connectivity index (χ0v) is 22.0. The Labute approximate surface area is 224 Å². The molecule has 39 heavy (non-hydrogen) atoms. The SMILES string of the molecule is COc1cc2nc(N3C(=O)C(=O)/C(=C(/O)c4cccc(OCC(C)C)c4)C3c3cccnc3)[nH]c2cc1OC. The van der Waals surface area contributed by atoms with E-state index in [1.165, 1.54) is 19.1 Å². The smallest absolute Gasteiger partial charge is 0.302 e. The Morgan fingerprint density at radius 2 is 1.85 bits per heavy atom. The standard InChI is InChI=1S/C29H28N4O6/c1-16(2)15-39-19-9-5-7-17(11-19)26(34)24-25(18-8-6-10-30-14-18)33(28(36)27(24)35)29-31-20-12-22(37-3)23(38-4)13-21(20)32-29/h5-14,16,25,34H,15H2,1-4H3,(H,31,32)/b26-24+. The number of ether oxygens (including phenoxy) is 3. The van der Waals surface area contributed by atoms with Crippen LogP contribution in [-0.4, -0.2) is 52.6 Å². The number of nitrogens with zero attached hydrogens (tertiary/aromatic N) is 3. The van der Waals surface area contributed by atoms with E-state index in [0.29, 0.717) is 51.9 Å². The molecule has 5 rings (SSSR count). The normalized spacial score (nSPS) is 16.7. The van der Waals surface area contributed by atoms with Gasteiger partial charge in [0.25, 0.3) is 5.78 Å². The van der Waals surface area contributed by atoms with Crippen LogP contribution in [0.5, 0.6) is 17.2 Å². The van der Waals surface area contributed by atoms with E-state index in [1.54, 1.807) is 60.9 Å². The minimum atomic E-state index is -0.983. The van der Waals surface area contributed by atoms with Crippen molar-refractivity contribution in [2.75, 3.05) is 25.7 Å². The predicted molar refractivity (Wildman–Crippen MR) is 145 cm³/mol. The van der Waals surface area contributed by atoms with Gasteiger partial charge in [-0.2, -0.15) is 0 Å². The Morgan fingerprint density at radius 3 is 2.54 bits per heavy atom. The molecule has 1 atom stereocenters. The number of aromatic nitrogens is 3. The van der Waals surface area contributed by atoms with Crippen LogP contribution >= 0.6 is 0 Å². The molecule has 2 N–H and O–H groups in total. The summed E-state index contributed by atoms with van der Waals surface area (Å²) < 4.78 is 16.6. The molecule has 0 saturated carbocycles. The van der Waals surface area contributed by atoms with Crippen molar-refractivity contribution in [3.8, 4) is 17.2 Å². The van der Waals surface area contributed by atoms with Crippen LogP contribution < -0.4 is 19.1 Å². The second-order valence-corrected chi connectivity index (χ2v) is 9.47. The molecule has 2 aromatic carbocycles. The second kappa shape index (κ2) is 10.5. The van der Waals surface area contributed by atoms with Gasteiger partial charge in [0.05, 0.1) is 43.5 Å². The minimum Gasteiger partial charge on any atom is -0.507 e. The van der Waals surface area contributed by atoms with Crippen molar-refractivity contribution in [1.29, 1.82) is 0 Å². The number of aliphatic hydroxyl groups excluding tert-OH is 1. The molecule has 10 nitrogen and oxygen atoms in total. The van der Waals surface area contributed by atoms with Gasteiger partial charge in [0, 0.05) is 30.1 Å². The molecular weight excluding hydrogens is 500 g/mol. The zero-order chi connectivity index (χ0) is 27.7. The van der Waals surface area contributed by atoms with Crippen LogP contribution in [0.2, 0.25) is 0 Å². The van der Waals surface area contributed by atoms with Crippen LogP contribution in [0.4, 0.5) is 5.95 Å². The van der Waals surface area contributed by atoms with E-state index in [1.807, 2.05) is 13.8 Å². The Kier molecular flexibility index (Phi) is 6.93. The third kappa shape index (κ3) is 4.76. The second-order valence-electron chi connectivity index (χ2n) is 9.47. The van der Waals surface area contributed by atoms with E-state index in [4.69, 9.17) is 14.2 Å². The van der Waals surface area contributed by atoms with Crippen LogP contribution in [0.15, 0.2) is 66.5 Å². The summed E-state index contributed by atoms with van der Waals surface area (Å²) in [6.45, 7) is 4.55. The van der Waals surface area contributed by atoms with Crippen molar-refractivity contribution < 1.29 is 28.9 Å². The van der Waals surface area contributed by atoms with E-state index in [2.05, 4.69) is 15.0 Å². The summed E-state index contributed by atoms with van der Waals surface area (Å²) >= 11 is 0. The number of carbonyl (C=O) groups is 2. The Bertz CT molecular complexity index is 1540. The number of hydrogen-bond acceptors (Lipinski definition) is 8. The maximum Gasteiger partial charge on any atom is 0.302 e. The maximum atomic E-state index is 13.5. The predicted octanol–water partition coefficient (Wildman–Crippen LogP) is 4.64. The molecule has 0 aliphatic carbocycles. The van der Waals surface area contributed by atoms with Crippen molar-refractivity contribution in [2.24, 2.45) is 5.92 Å². The summed E-state index contributed by atoms with van der Waals surface area (Å²) in [6.07, 6.45) is 3.14. The number of Topliss-reactive ketones (excluding diaryl/α,β-unsaturated/α-hetero) is 1. The van der Waals surface area contributed by atoms with Gasteiger partial charge in [0.1, 0.15) is 11.5 Å². The summed E-state index contributed by atoms with van der Waals surface area (Å²) in [5.41, 5.74) is 1.88. The number of fused-ring (bicyclic) bond motifs is 1. The minimum absolute atomic E-state index is 0.0790. The molecule has 1 aliphatic heterocycles. The fourth-order valence-electron chi connectivity index (χ4n) is 4.49. The first-order valence-electron chi connectivity index (χ1n) is 12.4. The van der Waals surface area contributed by atoms with Crippen molar-refractivity contribution in [3.05, 3.63) is 77.6 Å². The highest BCUT2D eigenvalue weighted by Crippen LogP contribution is 2.42. The fraction of sp³-hybridized carbons (Fsp3) is 0.241. The summed E-state index contributed by atoms with van der Waals surface area (Å²) in [4.78, 5) is 40.0. The number of benzene rings is 2. The lowest BCUT2D eigenvalue weighted by atomic mass is 9.96. The molecule has 1 aliphatic rings. The number of anilines is 1. The van der Waals surface area contributed by atoms with Crippen molar-refractivity contribution in [1.82, 2.24) is 15.0 Å². The number of imidazole rings is 1. The van der Waals surface area contributed by atoms with Gasteiger partial charge in [0.2, 0.25) is 5.95 Å². The Hall–Kier alpha value is -4.86. The molecule has 1 saturated heterocycles. The molecule has 4 aromatic rings. The molecule has 1 fully saturated rings. The molecule has 1 amide bonds. The average molecular weight is 529 g/mol.